The van der Waals surface area contributed by atoms with Crippen LogP contribution in [0.5, 0.6) is 0 Å². The topological polar surface area (TPSA) is 85.8 Å². The lowest BCUT2D eigenvalue weighted by Crippen LogP contribution is -2.10. The van der Waals surface area contributed by atoms with Crippen molar-refractivity contribution in [2.75, 3.05) is 11.9 Å². The number of aromatic nitrogens is 7. The summed E-state index contributed by atoms with van der Waals surface area (Å²) in [5, 5.41) is 18.9. The molecule has 0 fully saturated rings. The Morgan fingerprint density at radius 3 is 3.11 bits per heavy atom. The van der Waals surface area contributed by atoms with Crippen molar-refractivity contribution in [3.8, 4) is 0 Å². The van der Waals surface area contributed by atoms with E-state index in [4.69, 9.17) is 0 Å². The first-order chi connectivity index (χ1) is 8.83. The number of hydrogen-bond acceptors (Lipinski definition) is 6. The van der Waals surface area contributed by atoms with E-state index in [1.54, 1.807) is 21.6 Å². The van der Waals surface area contributed by atoms with Gasteiger partial charge in [-0.15, -0.1) is 5.10 Å². The molecular formula is C10H12N8. The number of tetrazole rings is 1. The van der Waals surface area contributed by atoms with Crippen LogP contribution in [0.4, 0.5) is 5.82 Å². The van der Waals surface area contributed by atoms with Crippen molar-refractivity contribution >= 4 is 11.5 Å². The Bertz CT molecular complexity index is 655. The second kappa shape index (κ2) is 4.40. The van der Waals surface area contributed by atoms with Gasteiger partial charge in [0.1, 0.15) is 5.82 Å². The molecule has 0 atom stereocenters. The van der Waals surface area contributed by atoms with Gasteiger partial charge in [-0.05, 0) is 16.5 Å². The van der Waals surface area contributed by atoms with Gasteiger partial charge in [0.05, 0.1) is 18.1 Å². The van der Waals surface area contributed by atoms with Crippen LogP contribution in [0.3, 0.4) is 0 Å². The summed E-state index contributed by atoms with van der Waals surface area (Å²) in [5.74, 6) is 0.772. The number of nitrogens with one attached hydrogen (secondary N) is 1. The monoisotopic (exact) mass is 244 g/mol. The van der Waals surface area contributed by atoms with E-state index < -0.39 is 0 Å². The van der Waals surface area contributed by atoms with Crippen LogP contribution in [0, 0.1) is 0 Å². The first-order valence-electron chi connectivity index (χ1n) is 5.57. The van der Waals surface area contributed by atoms with E-state index in [2.05, 4.69) is 30.9 Å². The highest BCUT2D eigenvalue weighted by Crippen LogP contribution is 2.05. The molecule has 0 aromatic carbocycles. The normalized spacial score (nSPS) is 10.9. The standard InChI is InChI=1S/C10H12N8/c1-17-5-3-8(14-17)2-4-12-9-6-11-7-10-13-15-16-18(9)10/h3,5-7,12H,2,4H2,1H3. The van der Waals surface area contributed by atoms with Crippen LogP contribution in [-0.2, 0) is 13.5 Å². The minimum Gasteiger partial charge on any atom is -0.368 e. The summed E-state index contributed by atoms with van der Waals surface area (Å²) in [6.45, 7) is 0.748. The summed E-state index contributed by atoms with van der Waals surface area (Å²) >= 11 is 0. The van der Waals surface area contributed by atoms with Gasteiger partial charge in [-0.1, -0.05) is 0 Å². The Balaban J connectivity index is 1.68. The zero-order valence-electron chi connectivity index (χ0n) is 9.85. The van der Waals surface area contributed by atoms with E-state index in [1.165, 1.54) is 0 Å². The molecule has 8 heteroatoms. The van der Waals surface area contributed by atoms with Crippen molar-refractivity contribution < 1.29 is 0 Å². The smallest absolute Gasteiger partial charge is 0.199 e. The predicted octanol–water partition coefficient (Wildman–Crippen LogP) is -0.0926. The highest BCUT2D eigenvalue weighted by Gasteiger charge is 2.03. The van der Waals surface area contributed by atoms with Gasteiger partial charge in [-0.3, -0.25) is 9.67 Å². The van der Waals surface area contributed by atoms with Crippen LogP contribution in [0.1, 0.15) is 5.69 Å². The molecule has 3 aromatic rings. The Labute approximate surface area is 103 Å². The van der Waals surface area contributed by atoms with Crippen molar-refractivity contribution in [2.45, 2.75) is 6.42 Å². The zero-order chi connectivity index (χ0) is 12.4. The van der Waals surface area contributed by atoms with Crippen molar-refractivity contribution in [3.63, 3.8) is 0 Å². The Morgan fingerprint density at radius 1 is 1.33 bits per heavy atom. The van der Waals surface area contributed by atoms with Gasteiger partial charge in [0.2, 0.25) is 0 Å². The predicted molar refractivity (Wildman–Crippen MR) is 64.0 cm³/mol. The maximum atomic E-state index is 4.31. The molecule has 8 nitrogen and oxygen atoms in total. The van der Waals surface area contributed by atoms with Crippen molar-refractivity contribution in [3.05, 3.63) is 30.4 Å². The first kappa shape index (κ1) is 10.6. The lowest BCUT2D eigenvalue weighted by molar-refractivity contribution is 0.740. The third-order valence-corrected chi connectivity index (χ3v) is 2.56. The molecule has 1 N–H and O–H groups in total. The van der Waals surface area contributed by atoms with Crippen molar-refractivity contribution in [1.29, 1.82) is 0 Å². The van der Waals surface area contributed by atoms with Crippen LogP contribution in [0.25, 0.3) is 5.65 Å². The lowest BCUT2D eigenvalue weighted by atomic mass is 10.3. The van der Waals surface area contributed by atoms with Crippen LogP contribution < -0.4 is 5.32 Å². The van der Waals surface area contributed by atoms with Gasteiger partial charge in [-0.2, -0.15) is 9.61 Å². The maximum Gasteiger partial charge on any atom is 0.199 e. The number of fused-ring (bicyclic) bond motifs is 1. The summed E-state index contributed by atoms with van der Waals surface area (Å²) < 4.78 is 3.41. The van der Waals surface area contributed by atoms with Gasteiger partial charge in [0, 0.05) is 26.2 Å². The van der Waals surface area contributed by atoms with Gasteiger partial charge in [-0.25, -0.2) is 0 Å². The number of aryl methyl sites for hydroxylation is 1. The fourth-order valence-corrected chi connectivity index (χ4v) is 1.71. The average Bonchev–Trinajstić information content (AvgIpc) is 2.98. The largest absolute Gasteiger partial charge is 0.368 e. The second-order valence-electron chi connectivity index (χ2n) is 3.90. The molecule has 18 heavy (non-hydrogen) atoms. The van der Waals surface area contributed by atoms with E-state index in [9.17, 15) is 0 Å². The molecule has 0 spiro atoms. The molecule has 0 amide bonds. The molecule has 3 heterocycles. The fourth-order valence-electron chi connectivity index (χ4n) is 1.71. The molecule has 3 rings (SSSR count). The first-order valence-corrected chi connectivity index (χ1v) is 5.57. The number of rotatable bonds is 4. The lowest BCUT2D eigenvalue weighted by Gasteiger charge is -2.05. The van der Waals surface area contributed by atoms with E-state index in [0.717, 1.165) is 24.5 Å². The Hall–Kier alpha value is -2.51. The van der Waals surface area contributed by atoms with E-state index in [-0.39, 0.29) is 0 Å². The van der Waals surface area contributed by atoms with Gasteiger partial charge < -0.3 is 5.32 Å². The molecule has 0 unspecified atom stereocenters. The molecule has 0 bridgehead atoms. The van der Waals surface area contributed by atoms with Crippen LogP contribution in [0.15, 0.2) is 24.7 Å². The van der Waals surface area contributed by atoms with Crippen LogP contribution in [-0.4, -0.2) is 41.4 Å². The van der Waals surface area contributed by atoms with E-state index >= 15 is 0 Å². The molecule has 0 saturated carbocycles. The highest BCUT2D eigenvalue weighted by atomic mass is 15.5. The quantitative estimate of drug-likeness (QED) is 0.690. The molecule has 0 aliphatic rings. The van der Waals surface area contributed by atoms with Gasteiger partial charge >= 0.3 is 0 Å². The second-order valence-corrected chi connectivity index (χ2v) is 3.90. The fraction of sp³-hybridized carbons (Fsp3) is 0.300. The average molecular weight is 244 g/mol. The maximum absolute atomic E-state index is 4.31. The Kier molecular flexibility index (Phi) is 2.60. The van der Waals surface area contributed by atoms with Crippen molar-refractivity contribution in [2.24, 2.45) is 7.05 Å². The minimum absolute atomic E-state index is 0.623. The number of nitrogens with zero attached hydrogens (tertiary/aromatic N) is 7. The molecule has 3 aromatic heterocycles. The molecule has 0 aliphatic heterocycles. The third kappa shape index (κ3) is 1.99. The summed E-state index contributed by atoms with van der Waals surface area (Å²) in [6.07, 6.45) is 6.07. The minimum atomic E-state index is 0.623. The van der Waals surface area contributed by atoms with E-state index in [0.29, 0.717) is 5.65 Å². The van der Waals surface area contributed by atoms with E-state index in [1.807, 2.05) is 19.3 Å². The van der Waals surface area contributed by atoms with Crippen LogP contribution >= 0.6 is 0 Å². The third-order valence-electron chi connectivity index (χ3n) is 2.56. The number of anilines is 1. The van der Waals surface area contributed by atoms with Crippen LogP contribution in [0.2, 0.25) is 0 Å². The molecule has 0 radical (unpaired) electrons. The highest BCUT2D eigenvalue weighted by molar-refractivity contribution is 5.43. The summed E-state index contributed by atoms with van der Waals surface area (Å²) in [6, 6.07) is 2.00. The van der Waals surface area contributed by atoms with Gasteiger partial charge in [0.25, 0.3) is 0 Å². The molecule has 92 valence electrons. The SMILES string of the molecule is Cn1ccc(CCNc2cncc3nnnn23)n1. The summed E-state index contributed by atoms with van der Waals surface area (Å²) in [7, 11) is 1.91. The number of hydrogen-bond donors (Lipinski definition) is 1. The summed E-state index contributed by atoms with van der Waals surface area (Å²) in [5.41, 5.74) is 1.67. The van der Waals surface area contributed by atoms with Crippen molar-refractivity contribution in [1.82, 2.24) is 34.8 Å². The Morgan fingerprint density at radius 2 is 2.28 bits per heavy atom. The molecular weight excluding hydrogens is 232 g/mol. The molecule has 0 saturated heterocycles. The molecule has 0 aliphatic carbocycles. The zero-order valence-corrected chi connectivity index (χ0v) is 9.85. The summed E-state index contributed by atoms with van der Waals surface area (Å²) in [4.78, 5) is 4.07. The van der Waals surface area contributed by atoms with Gasteiger partial charge in [0.15, 0.2) is 5.65 Å².